The summed E-state index contributed by atoms with van der Waals surface area (Å²) >= 11 is 1.61. The van der Waals surface area contributed by atoms with Crippen LogP contribution in [-0.4, -0.2) is 109 Å². The van der Waals surface area contributed by atoms with Gasteiger partial charge in [-0.1, -0.05) is 74.3 Å². The third-order valence-corrected chi connectivity index (χ3v) is 8.74. The lowest BCUT2D eigenvalue weighted by Gasteiger charge is -2.45. The third kappa shape index (κ3) is 7.79. The second-order valence-corrected chi connectivity index (χ2v) is 11.9. The molecule has 3 atom stereocenters. The molecule has 14 nitrogen and oxygen atoms in total. The molecule has 0 radical (unpaired) electrons. The van der Waals surface area contributed by atoms with E-state index in [0.29, 0.717) is 12.3 Å². The summed E-state index contributed by atoms with van der Waals surface area (Å²) in [4.78, 5) is 19.0. The molecule has 3 fully saturated rings. The molecule has 2 aromatic rings. The lowest BCUT2D eigenvalue weighted by Crippen LogP contribution is -2.70. The van der Waals surface area contributed by atoms with Crippen LogP contribution in [0.1, 0.15) is 39.2 Å². The molecule has 3 unspecified atom stereocenters. The predicted octanol–water partition coefficient (Wildman–Crippen LogP) is 2.32. The molecule has 0 aromatic heterocycles. The van der Waals surface area contributed by atoms with Gasteiger partial charge in [0.15, 0.2) is 6.29 Å². The second kappa shape index (κ2) is 15.2. The van der Waals surface area contributed by atoms with E-state index in [0.717, 1.165) is 32.4 Å². The topological polar surface area (TPSA) is 186 Å². The number of fused-ring (bicyclic) bond motifs is 2. The van der Waals surface area contributed by atoms with Crippen molar-refractivity contribution in [2.24, 2.45) is 4.99 Å². The molecule has 15 heteroatoms. The number of hydrogen-bond acceptors (Lipinski definition) is 15. The molecule has 4 aliphatic rings. The lowest BCUT2D eigenvalue weighted by atomic mass is 10.1. The van der Waals surface area contributed by atoms with E-state index in [1.807, 2.05) is 72.5 Å². The molecule has 0 bridgehead atoms. The lowest BCUT2D eigenvalue weighted by molar-refractivity contribution is -0.561. The van der Waals surface area contributed by atoms with Crippen LogP contribution in [0.5, 0.6) is 0 Å². The Balaban J connectivity index is 0.000000776. The first-order valence-corrected chi connectivity index (χ1v) is 15.6. The molecule has 2 aromatic carbocycles. The highest BCUT2D eigenvalue weighted by molar-refractivity contribution is 7.99. The summed E-state index contributed by atoms with van der Waals surface area (Å²) in [5, 5.41) is 64.0. The van der Waals surface area contributed by atoms with Crippen LogP contribution in [0.4, 0.5) is 5.69 Å². The zero-order valence-electron chi connectivity index (χ0n) is 25.3. The summed E-state index contributed by atoms with van der Waals surface area (Å²) in [5.74, 6) is -13.3. The van der Waals surface area contributed by atoms with Gasteiger partial charge in [-0.15, -0.1) is 0 Å². The summed E-state index contributed by atoms with van der Waals surface area (Å²) in [6.07, 6.45) is 6.12. The maximum atomic E-state index is 11.0. The number of hydrogen-bond donors (Lipinski definition) is 6. The molecule has 258 valence electrons. The number of ether oxygens (including phenoxy) is 3. The Morgan fingerprint density at radius 2 is 1.62 bits per heavy atom. The van der Waals surface area contributed by atoms with Crippen LogP contribution in [0.25, 0.3) is 0 Å². The predicted molar refractivity (Wildman–Crippen MR) is 170 cm³/mol. The molecule has 0 aliphatic carbocycles. The van der Waals surface area contributed by atoms with E-state index in [9.17, 15) is 30.6 Å². The van der Waals surface area contributed by atoms with Crippen molar-refractivity contribution in [1.29, 1.82) is 0 Å². The van der Waals surface area contributed by atoms with Crippen LogP contribution in [0, 0.1) is 0 Å². The number of para-hydroxylation sites is 1. The van der Waals surface area contributed by atoms with Crippen molar-refractivity contribution >= 4 is 23.3 Å². The van der Waals surface area contributed by atoms with Crippen molar-refractivity contribution in [3.63, 3.8) is 0 Å². The normalized spacial score (nSPS) is 26.7. The van der Waals surface area contributed by atoms with Gasteiger partial charge in [-0.05, 0) is 44.4 Å². The molecule has 47 heavy (non-hydrogen) atoms. The van der Waals surface area contributed by atoms with Crippen molar-refractivity contribution in [3.05, 3.63) is 78.9 Å². The van der Waals surface area contributed by atoms with Gasteiger partial charge in [-0.25, -0.2) is 9.89 Å². The van der Waals surface area contributed by atoms with Crippen LogP contribution in [-0.2, 0) is 24.0 Å². The minimum atomic E-state index is -3.62. The fourth-order valence-electron chi connectivity index (χ4n) is 5.12. The van der Waals surface area contributed by atoms with Gasteiger partial charge in [0.2, 0.25) is 0 Å². The largest absolute Gasteiger partial charge is 0.398 e. The first kappa shape index (κ1) is 37.1. The molecular formula is C32H43N3O11S. The highest BCUT2D eigenvalue weighted by atomic mass is 32.2. The molecule has 0 spiro atoms. The van der Waals surface area contributed by atoms with E-state index in [4.69, 9.17) is 19.2 Å². The molecule has 0 saturated carbocycles. The van der Waals surface area contributed by atoms with Gasteiger partial charge in [-0.3, -0.25) is 9.47 Å². The third-order valence-electron chi connectivity index (χ3n) is 7.60. The Kier molecular flexibility index (Phi) is 12.0. The fraction of sp³-hybridized carbons (Fsp3) is 0.469. The zero-order valence-corrected chi connectivity index (χ0v) is 26.1. The Labute approximate surface area is 277 Å². The van der Waals surface area contributed by atoms with Gasteiger partial charge in [0, 0.05) is 48.1 Å². The van der Waals surface area contributed by atoms with E-state index < -0.39 is 30.1 Å². The SMILES string of the molecule is C.C=C/C=C\C.OC(O)(OC1CCCCO1)C1(O)OOC(O)(C(O)(O)N2CCN(C3=Nc4ccccc4Sc4ccccc43)CC2)O1. The Morgan fingerprint density at radius 3 is 2.26 bits per heavy atom. The molecular weight excluding hydrogens is 634 g/mol. The standard InChI is InChI=1S/C26H31N3O11S.C5H8.CH4/c30-23(31,25(34)38-26(35,40-39-25)24(32,33)37-21-11-5-6-16-36-21)29-14-12-28(13-15-29)22-17-7-1-3-9-19(17)41-20-10-4-2-8-18(20)27-22;1-3-5-4-2;/h1-4,7-10,21,30-35H,5-6,11-16H2;3-5H,1H2,2H3;1H4/b;5-4-;. The summed E-state index contributed by atoms with van der Waals surface area (Å²) in [6, 6.07) is 15.6. The van der Waals surface area contributed by atoms with Gasteiger partial charge in [-0.2, -0.15) is 9.78 Å². The maximum absolute atomic E-state index is 11.0. The quantitative estimate of drug-likeness (QED) is 0.149. The summed E-state index contributed by atoms with van der Waals surface area (Å²) in [6.45, 7) is 6.13. The number of amidine groups is 1. The van der Waals surface area contributed by atoms with Gasteiger partial charge in [0.25, 0.3) is 0 Å². The number of aliphatic imine (C=N–C) groups is 1. The smallest absolute Gasteiger partial charge is 0.353 e. The minimum Gasteiger partial charge on any atom is -0.353 e. The molecule has 0 amide bonds. The van der Waals surface area contributed by atoms with Crippen LogP contribution >= 0.6 is 11.8 Å². The van der Waals surface area contributed by atoms with E-state index >= 15 is 0 Å². The molecule has 6 N–H and O–H groups in total. The van der Waals surface area contributed by atoms with Crippen LogP contribution in [0.15, 0.2) is 88.1 Å². The van der Waals surface area contributed by atoms with Gasteiger partial charge < -0.3 is 40.3 Å². The summed E-state index contributed by atoms with van der Waals surface area (Å²) in [7, 11) is 0. The van der Waals surface area contributed by atoms with Gasteiger partial charge in [0.1, 0.15) is 5.84 Å². The number of allylic oxidation sites excluding steroid dienone is 3. The Bertz CT molecular complexity index is 1430. The minimum absolute atomic E-state index is 0. The molecule has 4 aliphatic heterocycles. The Morgan fingerprint density at radius 1 is 0.957 bits per heavy atom. The van der Waals surface area contributed by atoms with Crippen LogP contribution < -0.4 is 0 Å². The highest BCUT2D eigenvalue weighted by Crippen LogP contribution is 2.44. The van der Waals surface area contributed by atoms with E-state index in [2.05, 4.69) is 16.4 Å². The zero-order chi connectivity index (χ0) is 33.0. The fourth-order valence-corrected chi connectivity index (χ4v) is 6.14. The number of nitrogens with zero attached hydrogens (tertiary/aromatic N) is 3. The van der Waals surface area contributed by atoms with E-state index in [-0.39, 0.29) is 46.6 Å². The van der Waals surface area contributed by atoms with Crippen molar-refractivity contribution in [2.45, 2.75) is 73.5 Å². The van der Waals surface area contributed by atoms with Crippen LogP contribution in [0.3, 0.4) is 0 Å². The molecule has 6 rings (SSSR count). The average Bonchev–Trinajstić information content (AvgIpc) is 3.30. The highest BCUT2D eigenvalue weighted by Gasteiger charge is 2.73. The number of rotatable bonds is 6. The van der Waals surface area contributed by atoms with Crippen molar-refractivity contribution in [1.82, 2.24) is 9.80 Å². The van der Waals surface area contributed by atoms with Crippen LogP contribution in [0.2, 0.25) is 0 Å². The van der Waals surface area contributed by atoms with E-state index in [1.165, 1.54) is 0 Å². The van der Waals surface area contributed by atoms with E-state index in [1.54, 1.807) is 17.8 Å². The second-order valence-electron chi connectivity index (χ2n) is 10.8. The molecule has 4 heterocycles. The number of piperazine rings is 1. The number of aliphatic hydroxyl groups is 6. The van der Waals surface area contributed by atoms with Crippen molar-refractivity contribution in [2.75, 3.05) is 32.8 Å². The van der Waals surface area contributed by atoms with Gasteiger partial charge >= 0.3 is 23.8 Å². The van der Waals surface area contributed by atoms with Gasteiger partial charge in [0.05, 0.1) is 5.69 Å². The van der Waals surface area contributed by atoms with Crippen molar-refractivity contribution < 1.29 is 54.6 Å². The average molecular weight is 678 g/mol. The number of benzene rings is 2. The summed E-state index contributed by atoms with van der Waals surface area (Å²) in [5.41, 5.74) is 1.73. The molecule has 3 saturated heterocycles. The Hall–Kier alpha value is -2.74. The van der Waals surface area contributed by atoms with Crippen molar-refractivity contribution in [3.8, 4) is 0 Å². The maximum Gasteiger partial charge on any atom is 0.398 e. The first-order valence-electron chi connectivity index (χ1n) is 14.8. The summed E-state index contributed by atoms with van der Waals surface area (Å²) < 4.78 is 15.0. The first-order chi connectivity index (χ1) is 21.9. The monoisotopic (exact) mass is 677 g/mol.